The second-order valence-corrected chi connectivity index (χ2v) is 22.5. The van der Waals surface area contributed by atoms with Crippen molar-refractivity contribution in [2.24, 2.45) is 0 Å². The predicted octanol–water partition coefficient (Wildman–Crippen LogP) is 19.4. The number of carbonyl (C=O) groups excluding carboxylic acids is 1. The number of hydrogen-bond donors (Lipinski definition) is 5. The standard InChI is InChI=1S/C65H127NO5/c1-3-5-7-9-11-13-15-17-19-21-23-25-27-28-29-30-31-32-33-34-35-37-38-40-42-44-46-48-50-52-54-56-58-62(68)64(70)61(60-67)66-65(71)63(69)59-57-55-53-51-49-47-45-43-41-39-36-26-24-22-20-18-16-14-12-10-8-6-4-2/h39,41,50,52,61-64,67-70H,3-38,40,42-49,51,53-60H2,1-2H3,(H,66,71)/b41-39-,52-50+. The first kappa shape index (κ1) is 69.8. The Morgan fingerprint density at radius 3 is 0.845 bits per heavy atom. The van der Waals surface area contributed by atoms with Gasteiger partial charge in [0.15, 0.2) is 0 Å². The van der Waals surface area contributed by atoms with Gasteiger partial charge in [0.2, 0.25) is 5.91 Å². The monoisotopic (exact) mass is 1000 g/mol. The first-order chi connectivity index (χ1) is 35.0. The van der Waals surface area contributed by atoms with Gasteiger partial charge in [0.25, 0.3) is 0 Å². The number of allylic oxidation sites excluding steroid dienone is 4. The summed E-state index contributed by atoms with van der Waals surface area (Å²) in [6.07, 6.45) is 74.3. The van der Waals surface area contributed by atoms with E-state index in [0.717, 1.165) is 38.5 Å². The van der Waals surface area contributed by atoms with E-state index in [4.69, 9.17) is 0 Å². The number of nitrogens with one attached hydrogen (secondary N) is 1. The number of carbonyl (C=O) groups is 1. The average Bonchev–Trinajstić information content (AvgIpc) is 3.38. The molecule has 6 nitrogen and oxygen atoms in total. The zero-order valence-electron chi connectivity index (χ0n) is 48.0. The van der Waals surface area contributed by atoms with Gasteiger partial charge in [-0.2, -0.15) is 0 Å². The van der Waals surface area contributed by atoms with Crippen molar-refractivity contribution in [1.82, 2.24) is 5.32 Å². The van der Waals surface area contributed by atoms with Crippen LogP contribution in [-0.4, -0.2) is 57.3 Å². The molecule has 0 saturated carbocycles. The number of unbranched alkanes of at least 4 members (excludes halogenated alkanes) is 47. The fourth-order valence-corrected chi connectivity index (χ4v) is 10.3. The zero-order chi connectivity index (χ0) is 51.6. The molecule has 422 valence electrons. The van der Waals surface area contributed by atoms with Gasteiger partial charge < -0.3 is 25.7 Å². The Hall–Kier alpha value is -1.21. The van der Waals surface area contributed by atoms with E-state index in [2.05, 4.69) is 43.5 Å². The summed E-state index contributed by atoms with van der Waals surface area (Å²) in [4.78, 5) is 12.6. The maximum absolute atomic E-state index is 12.6. The molecule has 6 heteroatoms. The van der Waals surface area contributed by atoms with Gasteiger partial charge in [0, 0.05) is 0 Å². The van der Waals surface area contributed by atoms with E-state index < -0.39 is 36.9 Å². The number of amides is 1. The molecule has 0 bridgehead atoms. The molecule has 0 aromatic rings. The van der Waals surface area contributed by atoms with Gasteiger partial charge in [0.1, 0.15) is 12.2 Å². The van der Waals surface area contributed by atoms with Crippen molar-refractivity contribution in [2.75, 3.05) is 6.61 Å². The first-order valence-corrected chi connectivity index (χ1v) is 32.2. The highest BCUT2D eigenvalue weighted by atomic mass is 16.3. The van der Waals surface area contributed by atoms with Crippen LogP contribution in [-0.2, 0) is 4.79 Å². The molecule has 4 unspecified atom stereocenters. The molecular formula is C65H127NO5. The van der Waals surface area contributed by atoms with E-state index >= 15 is 0 Å². The second-order valence-electron chi connectivity index (χ2n) is 22.5. The molecule has 0 aliphatic heterocycles. The van der Waals surface area contributed by atoms with Crippen LogP contribution in [0.25, 0.3) is 0 Å². The Morgan fingerprint density at radius 2 is 0.577 bits per heavy atom. The van der Waals surface area contributed by atoms with Crippen molar-refractivity contribution in [3.05, 3.63) is 24.3 Å². The number of hydrogen-bond acceptors (Lipinski definition) is 5. The molecule has 71 heavy (non-hydrogen) atoms. The summed E-state index contributed by atoms with van der Waals surface area (Å²) >= 11 is 0. The largest absolute Gasteiger partial charge is 0.394 e. The normalized spacial score (nSPS) is 13.7. The van der Waals surface area contributed by atoms with Crippen LogP contribution in [0.15, 0.2) is 24.3 Å². The molecular weight excluding hydrogens is 875 g/mol. The van der Waals surface area contributed by atoms with Crippen molar-refractivity contribution in [2.45, 2.75) is 379 Å². The molecule has 1 amide bonds. The Balaban J connectivity index is 3.59. The minimum Gasteiger partial charge on any atom is -0.394 e. The van der Waals surface area contributed by atoms with Crippen LogP contribution in [0.1, 0.15) is 354 Å². The van der Waals surface area contributed by atoms with E-state index in [1.165, 1.54) is 289 Å². The molecule has 0 saturated heterocycles. The molecule has 0 rings (SSSR count). The Kier molecular flexibility index (Phi) is 58.6. The van der Waals surface area contributed by atoms with Gasteiger partial charge in [-0.3, -0.25) is 4.79 Å². The van der Waals surface area contributed by atoms with E-state index in [9.17, 15) is 25.2 Å². The van der Waals surface area contributed by atoms with Crippen LogP contribution in [0.4, 0.5) is 0 Å². The molecule has 4 atom stereocenters. The molecule has 0 radical (unpaired) electrons. The SMILES string of the molecule is CCCCCCCCCCCCCC/C=C\CCCCCCCCCC(O)C(=O)NC(CO)C(O)C(O)CCC/C=C/CCCCCCCCCCCCCCCCCCCCCCCCCCCCC. The maximum Gasteiger partial charge on any atom is 0.249 e. The minimum absolute atomic E-state index is 0.360. The Morgan fingerprint density at radius 1 is 0.338 bits per heavy atom. The highest BCUT2D eigenvalue weighted by Crippen LogP contribution is 2.19. The van der Waals surface area contributed by atoms with Crippen LogP contribution >= 0.6 is 0 Å². The first-order valence-electron chi connectivity index (χ1n) is 32.2. The molecule has 0 heterocycles. The fourth-order valence-electron chi connectivity index (χ4n) is 10.3. The van der Waals surface area contributed by atoms with Gasteiger partial charge in [-0.15, -0.1) is 0 Å². The van der Waals surface area contributed by atoms with Crippen LogP contribution in [0, 0.1) is 0 Å². The molecule has 0 spiro atoms. The van der Waals surface area contributed by atoms with Gasteiger partial charge in [-0.1, -0.05) is 314 Å². The lowest BCUT2D eigenvalue weighted by atomic mass is 10.00. The summed E-state index contributed by atoms with van der Waals surface area (Å²) < 4.78 is 0. The Labute approximate surface area is 444 Å². The number of aliphatic hydroxyl groups is 4. The van der Waals surface area contributed by atoms with Gasteiger partial charge in [-0.25, -0.2) is 0 Å². The highest BCUT2D eigenvalue weighted by molar-refractivity contribution is 5.80. The van der Waals surface area contributed by atoms with Gasteiger partial charge in [-0.05, 0) is 64.2 Å². The van der Waals surface area contributed by atoms with Crippen molar-refractivity contribution in [1.29, 1.82) is 0 Å². The van der Waals surface area contributed by atoms with Crippen molar-refractivity contribution in [3.63, 3.8) is 0 Å². The summed E-state index contributed by atoms with van der Waals surface area (Å²) in [5.74, 6) is -0.591. The van der Waals surface area contributed by atoms with Crippen molar-refractivity contribution in [3.8, 4) is 0 Å². The lowest BCUT2D eigenvalue weighted by Gasteiger charge is -2.27. The smallest absolute Gasteiger partial charge is 0.249 e. The Bertz CT molecular complexity index is 1080. The molecule has 0 aromatic heterocycles. The summed E-state index contributed by atoms with van der Waals surface area (Å²) in [7, 11) is 0. The van der Waals surface area contributed by atoms with Gasteiger partial charge in [0.05, 0.1) is 18.8 Å². The van der Waals surface area contributed by atoms with E-state index in [1.807, 2.05) is 0 Å². The summed E-state index contributed by atoms with van der Waals surface area (Å²) in [6.45, 7) is 4.09. The quantitative estimate of drug-likeness (QED) is 0.0308. The molecule has 0 fully saturated rings. The van der Waals surface area contributed by atoms with E-state index in [-0.39, 0.29) is 0 Å². The molecule has 0 aromatic carbocycles. The van der Waals surface area contributed by atoms with Crippen LogP contribution < -0.4 is 5.32 Å². The van der Waals surface area contributed by atoms with Gasteiger partial charge >= 0.3 is 0 Å². The van der Waals surface area contributed by atoms with Crippen LogP contribution in [0.3, 0.4) is 0 Å². The lowest BCUT2D eigenvalue weighted by molar-refractivity contribution is -0.132. The van der Waals surface area contributed by atoms with Crippen molar-refractivity contribution < 1.29 is 25.2 Å². The van der Waals surface area contributed by atoms with Crippen LogP contribution in [0.2, 0.25) is 0 Å². The minimum atomic E-state index is -1.28. The summed E-state index contributed by atoms with van der Waals surface area (Å²) in [6, 6.07) is -1.00. The van der Waals surface area contributed by atoms with Crippen LogP contribution in [0.5, 0.6) is 0 Å². The third kappa shape index (κ3) is 53.4. The lowest BCUT2D eigenvalue weighted by Crippen LogP contribution is -2.53. The fraction of sp³-hybridized carbons (Fsp3) is 0.923. The summed E-state index contributed by atoms with van der Waals surface area (Å²) in [5.41, 5.74) is 0. The van der Waals surface area contributed by atoms with E-state index in [0.29, 0.717) is 12.8 Å². The summed E-state index contributed by atoms with van der Waals surface area (Å²) in [5, 5.41) is 44.1. The highest BCUT2D eigenvalue weighted by Gasteiger charge is 2.28. The van der Waals surface area contributed by atoms with Crippen molar-refractivity contribution >= 4 is 5.91 Å². The third-order valence-corrected chi connectivity index (χ3v) is 15.4. The van der Waals surface area contributed by atoms with E-state index in [1.54, 1.807) is 0 Å². The molecule has 0 aliphatic rings. The molecule has 0 aliphatic carbocycles. The number of aliphatic hydroxyl groups excluding tert-OH is 4. The molecule has 5 N–H and O–H groups in total. The second kappa shape index (κ2) is 59.7. The predicted molar refractivity (Wildman–Crippen MR) is 311 cm³/mol. The third-order valence-electron chi connectivity index (χ3n) is 15.4. The zero-order valence-corrected chi connectivity index (χ0v) is 48.0. The maximum atomic E-state index is 12.6. The average molecular weight is 1000 g/mol. The topological polar surface area (TPSA) is 110 Å². The number of rotatable bonds is 60.